The van der Waals surface area contributed by atoms with Gasteiger partial charge in [-0.05, 0) is 24.3 Å². The van der Waals surface area contributed by atoms with Crippen LogP contribution in [-0.4, -0.2) is 39.5 Å². The van der Waals surface area contributed by atoms with Gasteiger partial charge >= 0.3 is 0 Å². The van der Waals surface area contributed by atoms with Gasteiger partial charge in [-0.1, -0.05) is 0 Å². The van der Waals surface area contributed by atoms with Crippen molar-refractivity contribution < 1.29 is 14.0 Å². The maximum absolute atomic E-state index is 13.1. The highest BCUT2D eigenvalue weighted by molar-refractivity contribution is 5.99. The second-order valence-corrected chi connectivity index (χ2v) is 4.61. The van der Waals surface area contributed by atoms with Gasteiger partial charge in [0.15, 0.2) is 5.65 Å². The number of hydrogen-bond donors (Lipinski definition) is 0. The van der Waals surface area contributed by atoms with Crippen LogP contribution in [0.15, 0.2) is 42.9 Å². The summed E-state index contributed by atoms with van der Waals surface area (Å²) in [5.74, 6) is -0.711. The zero-order chi connectivity index (χ0) is 15.7. The number of rotatable bonds is 3. The maximum atomic E-state index is 13.1. The fraction of sp³-hybridized carbons (Fsp3) is 0.133. The molecular weight excluding hydrogens is 287 g/mol. The first-order chi connectivity index (χ1) is 10.6. The Labute approximate surface area is 125 Å². The minimum absolute atomic E-state index is 0.327. The Morgan fingerprint density at radius 3 is 2.73 bits per heavy atom. The Hall–Kier alpha value is -2.80. The van der Waals surface area contributed by atoms with Crippen molar-refractivity contribution in [3.05, 3.63) is 54.4 Å². The van der Waals surface area contributed by atoms with Crippen molar-refractivity contribution in [2.45, 2.75) is 0 Å². The SMILES string of the molecule is CON(C)C(=O)c1c(-c2ccc(F)cc2)nc2cnccn12. The van der Waals surface area contributed by atoms with E-state index in [1.807, 2.05) is 0 Å². The van der Waals surface area contributed by atoms with Crippen molar-refractivity contribution in [1.29, 1.82) is 0 Å². The van der Waals surface area contributed by atoms with Crippen LogP contribution in [0.3, 0.4) is 0 Å². The van der Waals surface area contributed by atoms with E-state index in [-0.39, 0.29) is 11.7 Å². The standard InChI is InChI=1S/C15H13FN4O2/c1-19(22-2)15(21)14-13(10-3-5-11(16)6-4-10)18-12-9-17-7-8-20(12)14/h3-9H,1-2H3. The zero-order valence-corrected chi connectivity index (χ0v) is 12.0. The second-order valence-electron chi connectivity index (χ2n) is 4.61. The van der Waals surface area contributed by atoms with Gasteiger partial charge in [-0.2, -0.15) is 0 Å². The van der Waals surface area contributed by atoms with E-state index in [0.29, 0.717) is 22.6 Å². The lowest BCUT2D eigenvalue weighted by Gasteiger charge is -2.14. The quantitative estimate of drug-likeness (QED) is 0.696. The molecule has 0 spiro atoms. The molecule has 0 aliphatic carbocycles. The summed E-state index contributed by atoms with van der Waals surface area (Å²) in [6, 6.07) is 5.81. The number of fused-ring (bicyclic) bond motifs is 1. The van der Waals surface area contributed by atoms with Crippen molar-refractivity contribution in [1.82, 2.24) is 19.4 Å². The van der Waals surface area contributed by atoms with Gasteiger partial charge in [0.1, 0.15) is 17.2 Å². The predicted molar refractivity (Wildman–Crippen MR) is 77.5 cm³/mol. The molecule has 3 aromatic rings. The van der Waals surface area contributed by atoms with Crippen molar-refractivity contribution in [2.24, 2.45) is 0 Å². The number of halogens is 1. The number of amides is 1. The summed E-state index contributed by atoms with van der Waals surface area (Å²) in [5.41, 5.74) is 1.93. The predicted octanol–water partition coefficient (Wildman–Crippen LogP) is 2.17. The van der Waals surface area contributed by atoms with Crippen LogP contribution in [0.2, 0.25) is 0 Å². The number of carbonyl (C=O) groups excluding carboxylic acids is 1. The molecule has 1 amide bonds. The third kappa shape index (κ3) is 2.31. The highest BCUT2D eigenvalue weighted by atomic mass is 19.1. The summed E-state index contributed by atoms with van der Waals surface area (Å²) < 4.78 is 14.7. The topological polar surface area (TPSA) is 59.7 Å². The average molecular weight is 300 g/mol. The smallest absolute Gasteiger partial charge is 0.292 e. The Morgan fingerprint density at radius 1 is 1.32 bits per heavy atom. The molecule has 0 saturated heterocycles. The van der Waals surface area contributed by atoms with E-state index in [0.717, 1.165) is 5.06 Å². The van der Waals surface area contributed by atoms with Crippen molar-refractivity contribution >= 4 is 11.6 Å². The highest BCUT2D eigenvalue weighted by Crippen LogP contribution is 2.25. The molecule has 7 heteroatoms. The van der Waals surface area contributed by atoms with Crippen molar-refractivity contribution in [2.75, 3.05) is 14.2 Å². The third-order valence-electron chi connectivity index (χ3n) is 3.31. The summed E-state index contributed by atoms with van der Waals surface area (Å²) in [6.07, 6.45) is 4.76. The molecule has 0 aliphatic heterocycles. The van der Waals surface area contributed by atoms with E-state index in [4.69, 9.17) is 4.84 Å². The molecule has 2 heterocycles. The van der Waals surface area contributed by atoms with E-state index in [1.54, 1.807) is 35.1 Å². The van der Waals surface area contributed by atoms with Gasteiger partial charge in [-0.3, -0.25) is 19.0 Å². The van der Waals surface area contributed by atoms with Crippen LogP contribution in [0.4, 0.5) is 4.39 Å². The average Bonchev–Trinajstić information content (AvgIpc) is 2.93. The minimum Gasteiger partial charge on any atom is -0.292 e. The van der Waals surface area contributed by atoms with Crippen molar-refractivity contribution in [3.63, 3.8) is 0 Å². The molecule has 0 fully saturated rings. The summed E-state index contributed by atoms with van der Waals surface area (Å²) in [4.78, 5) is 25.9. The zero-order valence-electron chi connectivity index (χ0n) is 12.0. The highest BCUT2D eigenvalue weighted by Gasteiger charge is 2.23. The van der Waals surface area contributed by atoms with Crippen LogP contribution in [-0.2, 0) is 4.84 Å². The van der Waals surface area contributed by atoms with E-state index in [1.165, 1.54) is 26.3 Å². The number of hydrogen-bond acceptors (Lipinski definition) is 4. The summed E-state index contributed by atoms with van der Waals surface area (Å²) >= 11 is 0. The van der Waals surface area contributed by atoms with Gasteiger partial charge in [0.05, 0.1) is 13.3 Å². The summed E-state index contributed by atoms with van der Waals surface area (Å²) in [5, 5.41) is 1.11. The Kier molecular flexibility index (Phi) is 3.56. The van der Waals surface area contributed by atoms with Crippen LogP contribution in [0.5, 0.6) is 0 Å². The Morgan fingerprint density at radius 2 is 2.05 bits per heavy atom. The lowest BCUT2D eigenvalue weighted by Crippen LogP contribution is -2.27. The number of nitrogens with zero attached hydrogens (tertiary/aromatic N) is 4. The molecule has 112 valence electrons. The van der Waals surface area contributed by atoms with Gasteiger partial charge in [0.2, 0.25) is 0 Å². The third-order valence-corrected chi connectivity index (χ3v) is 3.31. The van der Waals surface area contributed by atoms with E-state index < -0.39 is 0 Å². The van der Waals surface area contributed by atoms with Gasteiger partial charge in [-0.15, -0.1) is 0 Å². The lowest BCUT2D eigenvalue weighted by molar-refractivity contribution is -0.0760. The first-order valence-corrected chi connectivity index (χ1v) is 6.52. The maximum Gasteiger partial charge on any atom is 0.296 e. The normalized spacial score (nSPS) is 10.9. The Bertz CT molecular complexity index is 829. The fourth-order valence-corrected chi connectivity index (χ4v) is 2.15. The fourth-order valence-electron chi connectivity index (χ4n) is 2.15. The van der Waals surface area contributed by atoms with Crippen LogP contribution in [0.25, 0.3) is 16.9 Å². The van der Waals surface area contributed by atoms with Gasteiger partial charge in [-0.25, -0.2) is 14.4 Å². The largest absolute Gasteiger partial charge is 0.296 e. The van der Waals surface area contributed by atoms with Gasteiger partial charge in [0.25, 0.3) is 5.91 Å². The first kappa shape index (κ1) is 14.2. The molecule has 3 rings (SSSR count). The molecule has 0 N–H and O–H groups in total. The lowest BCUT2D eigenvalue weighted by atomic mass is 10.1. The van der Waals surface area contributed by atoms with E-state index in [2.05, 4.69) is 9.97 Å². The molecule has 0 saturated carbocycles. The number of imidazole rings is 1. The number of benzene rings is 1. The van der Waals surface area contributed by atoms with E-state index >= 15 is 0 Å². The van der Waals surface area contributed by atoms with E-state index in [9.17, 15) is 9.18 Å². The molecular formula is C15H13FN4O2. The van der Waals surface area contributed by atoms with Crippen LogP contribution < -0.4 is 0 Å². The Balaban J connectivity index is 2.25. The summed E-state index contributed by atoms with van der Waals surface area (Å²) in [7, 11) is 2.91. The van der Waals surface area contributed by atoms with Crippen LogP contribution >= 0.6 is 0 Å². The minimum atomic E-state index is -0.361. The monoisotopic (exact) mass is 300 g/mol. The summed E-state index contributed by atoms with van der Waals surface area (Å²) in [6.45, 7) is 0. The molecule has 0 aliphatic rings. The molecule has 6 nitrogen and oxygen atoms in total. The molecule has 22 heavy (non-hydrogen) atoms. The van der Waals surface area contributed by atoms with Crippen LogP contribution in [0, 0.1) is 5.82 Å². The van der Waals surface area contributed by atoms with Gasteiger partial charge in [0, 0.05) is 25.0 Å². The molecule has 0 radical (unpaired) electrons. The molecule has 0 unspecified atom stereocenters. The molecule has 2 aromatic heterocycles. The molecule has 0 bridgehead atoms. The van der Waals surface area contributed by atoms with Crippen LogP contribution in [0.1, 0.15) is 10.5 Å². The number of aromatic nitrogens is 3. The van der Waals surface area contributed by atoms with Crippen molar-refractivity contribution in [3.8, 4) is 11.3 Å². The molecule has 0 atom stereocenters. The number of carbonyl (C=O) groups is 1. The number of hydroxylamine groups is 2. The molecule has 1 aromatic carbocycles. The second kappa shape index (κ2) is 5.53. The van der Waals surface area contributed by atoms with Gasteiger partial charge < -0.3 is 0 Å². The first-order valence-electron chi connectivity index (χ1n) is 6.52.